The van der Waals surface area contributed by atoms with Crippen molar-refractivity contribution in [2.45, 2.75) is 0 Å². The molecule has 0 aliphatic carbocycles. The van der Waals surface area contributed by atoms with Gasteiger partial charge in [-0.3, -0.25) is 4.52 Å². The number of nitrogens with zero attached hydrogens (tertiary/aromatic N) is 2. The number of carbonyl (C=O) groups excluding carboxylic acids is 1. The third kappa shape index (κ3) is 2.93. The normalized spacial score (nSPS) is 9.47. The van der Waals surface area contributed by atoms with Gasteiger partial charge in [0.15, 0.2) is 0 Å². The van der Waals surface area contributed by atoms with Crippen LogP contribution >= 0.6 is 0 Å². The molecule has 5 heteroatoms. The van der Waals surface area contributed by atoms with Gasteiger partial charge in [-0.05, 0) is 28.4 Å². The first-order chi connectivity index (χ1) is 8.38. The number of hydrogen-bond acceptors (Lipinski definition) is 3. The van der Waals surface area contributed by atoms with Crippen molar-refractivity contribution in [2.75, 3.05) is 0 Å². The van der Waals surface area contributed by atoms with Crippen molar-refractivity contribution in [1.29, 1.82) is 0 Å². The number of aromatic nitrogens is 2. The summed E-state index contributed by atoms with van der Waals surface area (Å²) in [6, 6.07) is 15.7. The Morgan fingerprint density at radius 2 is 1.79 bits per heavy atom. The van der Waals surface area contributed by atoms with Crippen LogP contribution in [0.15, 0.2) is 54.7 Å². The molecule has 1 aromatic carbocycles. The van der Waals surface area contributed by atoms with Crippen LogP contribution in [-0.2, 0) is 4.79 Å². The first-order valence-corrected chi connectivity index (χ1v) is 5.30. The van der Waals surface area contributed by atoms with Crippen molar-refractivity contribution < 1.29 is 39.8 Å². The molecule has 2 aromatic heterocycles. The molecule has 0 bridgehead atoms. The van der Waals surface area contributed by atoms with E-state index < -0.39 is 0 Å². The molecule has 0 spiro atoms. The Labute approximate surface area is 132 Å². The summed E-state index contributed by atoms with van der Waals surface area (Å²) in [5.74, 6) is 0. The van der Waals surface area contributed by atoms with Gasteiger partial charge >= 0.3 is 29.6 Å². The van der Waals surface area contributed by atoms with E-state index in [0.717, 1.165) is 16.6 Å². The molecule has 0 radical (unpaired) electrons. The Morgan fingerprint density at radius 1 is 1.05 bits per heavy atom. The summed E-state index contributed by atoms with van der Waals surface area (Å²) in [7, 11) is 0. The summed E-state index contributed by atoms with van der Waals surface area (Å²) in [5.41, 5.74) is 3.41. The second-order valence-electron chi connectivity index (χ2n) is 3.75. The number of hydrogen-bond donors (Lipinski definition) is 0. The van der Waals surface area contributed by atoms with Crippen LogP contribution < -0.4 is 29.6 Å². The van der Waals surface area contributed by atoms with E-state index in [1.807, 2.05) is 54.9 Å². The molecule has 0 aliphatic heterocycles. The van der Waals surface area contributed by atoms with Crippen LogP contribution in [0.4, 0.5) is 0 Å². The van der Waals surface area contributed by atoms with Gasteiger partial charge in [-0.1, -0.05) is 36.4 Å². The van der Waals surface area contributed by atoms with Crippen LogP contribution in [0.1, 0.15) is 5.69 Å². The molecule has 0 saturated carbocycles. The molecule has 19 heavy (non-hydrogen) atoms. The molecule has 4 nitrogen and oxygen atoms in total. The summed E-state index contributed by atoms with van der Waals surface area (Å²) < 4.78 is 1.70. The van der Waals surface area contributed by atoms with E-state index in [2.05, 4.69) is 5.10 Å². The molecule has 2 heterocycles. The van der Waals surface area contributed by atoms with Gasteiger partial charge in [0.25, 0.3) is 0 Å². The third-order valence-corrected chi connectivity index (χ3v) is 2.69. The van der Waals surface area contributed by atoms with Gasteiger partial charge in [-0.2, -0.15) is 6.07 Å². The fourth-order valence-electron chi connectivity index (χ4n) is 1.93. The standard InChI is InChI=1S/C14H9N2O.Na.H2O/c17-10-12-9-14-13(7-4-8-16(14)15-12)11-5-2-1-3-6-11;;/h1-9H;;1H2/q-1;+1;/p-1. The minimum absolute atomic E-state index is 0. The molecular weight excluding hydrogens is 251 g/mol. The molecule has 3 rings (SSSR count). The van der Waals surface area contributed by atoms with Crippen LogP contribution in [0.25, 0.3) is 16.6 Å². The van der Waals surface area contributed by atoms with Gasteiger partial charge in [0.1, 0.15) is 0 Å². The van der Waals surface area contributed by atoms with Crippen molar-refractivity contribution in [3.05, 3.63) is 60.4 Å². The molecule has 0 amide bonds. The smallest absolute Gasteiger partial charge is 0.870 e. The van der Waals surface area contributed by atoms with Gasteiger partial charge in [0.05, 0.1) is 0 Å². The van der Waals surface area contributed by atoms with E-state index in [9.17, 15) is 4.79 Å². The molecule has 0 fully saturated rings. The number of pyridine rings is 1. The zero-order valence-corrected chi connectivity index (χ0v) is 12.4. The molecule has 0 aliphatic rings. The first-order valence-electron chi connectivity index (χ1n) is 5.30. The maximum atomic E-state index is 10.6. The average Bonchev–Trinajstić information content (AvgIpc) is 2.82. The minimum atomic E-state index is 0. The Hall–Kier alpha value is -1.46. The van der Waals surface area contributed by atoms with Gasteiger partial charge in [0.2, 0.25) is 0 Å². The quantitative estimate of drug-likeness (QED) is 0.452. The van der Waals surface area contributed by atoms with Gasteiger partial charge < -0.3 is 10.3 Å². The maximum Gasteiger partial charge on any atom is 1.00 e. The van der Waals surface area contributed by atoms with Crippen LogP contribution in [0, 0.1) is 0 Å². The molecule has 3 aromatic rings. The Morgan fingerprint density at radius 3 is 2.47 bits per heavy atom. The second kappa shape index (κ2) is 6.63. The largest absolute Gasteiger partial charge is 1.00 e. The predicted octanol–water partition coefficient (Wildman–Crippen LogP) is -0.714. The van der Waals surface area contributed by atoms with E-state index in [0.29, 0.717) is 5.69 Å². The minimum Gasteiger partial charge on any atom is -0.870 e. The Bertz CT molecular complexity index is 680. The van der Waals surface area contributed by atoms with Crippen LogP contribution in [0.3, 0.4) is 0 Å². The van der Waals surface area contributed by atoms with E-state index in [1.165, 1.54) is 0 Å². The summed E-state index contributed by atoms with van der Waals surface area (Å²) in [6.07, 6.45) is 3.64. The van der Waals surface area contributed by atoms with Gasteiger partial charge in [-0.15, -0.1) is 0 Å². The predicted molar refractivity (Wildman–Crippen MR) is 67.4 cm³/mol. The zero-order chi connectivity index (χ0) is 11.7. The maximum absolute atomic E-state index is 10.6. The molecule has 1 N–H and O–H groups in total. The topological polar surface area (TPSA) is 64.4 Å². The van der Waals surface area contributed by atoms with E-state index >= 15 is 0 Å². The van der Waals surface area contributed by atoms with Crippen molar-refractivity contribution >= 4 is 11.8 Å². The summed E-state index contributed by atoms with van der Waals surface area (Å²) in [5, 5.41) is 4.11. The molecule has 0 saturated heterocycles. The van der Waals surface area contributed by atoms with Gasteiger partial charge in [-0.25, -0.2) is 5.10 Å². The van der Waals surface area contributed by atoms with Crippen molar-refractivity contribution in [3.63, 3.8) is 0 Å². The molecule has 90 valence electrons. The number of benzene rings is 1. The molecular formula is C14H10N2NaO2-. The first kappa shape index (κ1) is 15.6. The van der Waals surface area contributed by atoms with Gasteiger partial charge in [0, 0.05) is 12.5 Å². The third-order valence-electron chi connectivity index (χ3n) is 2.69. The Balaban J connectivity index is 0.000000902. The molecule has 0 atom stereocenters. The fraction of sp³-hybridized carbons (Fsp3) is 0. The SMILES string of the molecule is O=[C-]c1cc2c(-c3ccccc3)cccn2n1.[Na+].[OH-]. The number of fused-ring (bicyclic) bond motifs is 1. The van der Waals surface area contributed by atoms with E-state index in [4.69, 9.17) is 0 Å². The van der Waals surface area contributed by atoms with Crippen molar-refractivity contribution in [3.8, 4) is 11.1 Å². The monoisotopic (exact) mass is 261 g/mol. The molecule has 0 unspecified atom stereocenters. The summed E-state index contributed by atoms with van der Waals surface area (Å²) in [6.45, 7) is 0. The van der Waals surface area contributed by atoms with E-state index in [1.54, 1.807) is 10.6 Å². The fourth-order valence-corrected chi connectivity index (χ4v) is 1.93. The van der Waals surface area contributed by atoms with Crippen molar-refractivity contribution in [1.82, 2.24) is 9.61 Å². The number of rotatable bonds is 2. The Kier molecular flexibility index (Phi) is 5.44. The van der Waals surface area contributed by atoms with Crippen LogP contribution in [0.2, 0.25) is 0 Å². The zero-order valence-electron chi connectivity index (χ0n) is 10.4. The van der Waals surface area contributed by atoms with Crippen molar-refractivity contribution in [2.24, 2.45) is 0 Å². The summed E-state index contributed by atoms with van der Waals surface area (Å²) >= 11 is 0. The second-order valence-corrected chi connectivity index (χ2v) is 3.75. The van der Waals surface area contributed by atoms with E-state index in [-0.39, 0.29) is 35.0 Å². The summed E-state index contributed by atoms with van der Waals surface area (Å²) in [4.78, 5) is 10.6. The van der Waals surface area contributed by atoms with Crippen LogP contribution in [-0.4, -0.2) is 21.4 Å². The average molecular weight is 261 g/mol. The van der Waals surface area contributed by atoms with Crippen LogP contribution in [0.5, 0.6) is 0 Å².